The van der Waals surface area contributed by atoms with Crippen molar-refractivity contribution < 1.29 is 37.3 Å². The average molecular weight is 770 g/mol. The first-order valence-electron chi connectivity index (χ1n) is 21.7. The lowest BCUT2D eigenvalue weighted by atomic mass is 10.1. The van der Waals surface area contributed by atoms with Crippen LogP contribution in [0.3, 0.4) is 0 Å². The largest absolute Gasteiger partial charge is 0.756 e. The zero-order valence-corrected chi connectivity index (χ0v) is 36.1. The van der Waals surface area contributed by atoms with Gasteiger partial charge in [-0.1, -0.05) is 147 Å². The van der Waals surface area contributed by atoms with Crippen LogP contribution in [0.2, 0.25) is 0 Å². The number of nitrogens with zero attached hydrogens (tertiary/aromatic N) is 1. The van der Waals surface area contributed by atoms with Crippen LogP contribution in [-0.2, 0) is 27.9 Å². The van der Waals surface area contributed by atoms with Gasteiger partial charge < -0.3 is 27.9 Å². The normalized spacial score (nSPS) is 14.2. The number of allylic oxidation sites excluding steroid dienone is 6. The molecular formula is C44H84NO7P. The fraction of sp³-hybridized carbons (Fsp3) is 0.841. The van der Waals surface area contributed by atoms with Crippen LogP contribution in [0, 0.1) is 0 Å². The number of quaternary nitrogens is 1. The monoisotopic (exact) mass is 770 g/mol. The van der Waals surface area contributed by atoms with Gasteiger partial charge in [-0.2, -0.15) is 0 Å². The van der Waals surface area contributed by atoms with Crippen molar-refractivity contribution >= 4 is 13.8 Å². The maximum absolute atomic E-state index is 12.6. The van der Waals surface area contributed by atoms with Crippen molar-refractivity contribution in [1.82, 2.24) is 0 Å². The number of rotatable bonds is 40. The number of esters is 1. The first-order chi connectivity index (χ1) is 25.6. The Labute approximate surface area is 327 Å². The summed E-state index contributed by atoms with van der Waals surface area (Å²) < 4.78 is 34.5. The lowest BCUT2D eigenvalue weighted by Crippen LogP contribution is -2.37. The molecule has 53 heavy (non-hydrogen) atoms. The number of carbonyl (C=O) groups excluding carboxylic acids is 1. The van der Waals surface area contributed by atoms with Gasteiger partial charge in [0.15, 0.2) is 0 Å². The molecule has 0 saturated heterocycles. The number of likely N-dealkylation sites (N-methyl/N-ethyl adjacent to an activating group) is 1. The summed E-state index contributed by atoms with van der Waals surface area (Å²) >= 11 is 0. The van der Waals surface area contributed by atoms with Crippen LogP contribution in [-0.4, -0.2) is 70.7 Å². The summed E-state index contributed by atoms with van der Waals surface area (Å²) in [5.74, 6) is -0.351. The Morgan fingerprint density at radius 2 is 1.06 bits per heavy atom. The molecule has 0 bridgehead atoms. The number of phosphoric acid groups is 1. The lowest BCUT2D eigenvalue weighted by molar-refractivity contribution is -0.870. The molecule has 0 rings (SSSR count). The van der Waals surface area contributed by atoms with Gasteiger partial charge in [-0.3, -0.25) is 9.36 Å². The lowest BCUT2D eigenvalue weighted by Gasteiger charge is -2.28. The van der Waals surface area contributed by atoms with Crippen LogP contribution in [0.4, 0.5) is 0 Å². The fourth-order valence-corrected chi connectivity index (χ4v) is 6.46. The van der Waals surface area contributed by atoms with Gasteiger partial charge in [0, 0.05) is 13.0 Å². The van der Waals surface area contributed by atoms with Gasteiger partial charge in [-0.05, 0) is 64.2 Å². The van der Waals surface area contributed by atoms with E-state index in [1.807, 2.05) is 21.1 Å². The topological polar surface area (TPSA) is 94.1 Å². The Bertz CT molecular complexity index is 947. The predicted molar refractivity (Wildman–Crippen MR) is 222 cm³/mol. The summed E-state index contributed by atoms with van der Waals surface area (Å²) in [4.78, 5) is 25.0. The van der Waals surface area contributed by atoms with Crippen LogP contribution in [0.25, 0.3) is 0 Å². The first kappa shape index (κ1) is 51.7. The van der Waals surface area contributed by atoms with Crippen LogP contribution in [0.5, 0.6) is 0 Å². The van der Waals surface area contributed by atoms with E-state index in [-0.39, 0.29) is 25.8 Å². The summed E-state index contributed by atoms with van der Waals surface area (Å²) in [7, 11) is 1.34. The van der Waals surface area contributed by atoms with E-state index in [2.05, 4.69) is 50.3 Å². The quantitative estimate of drug-likeness (QED) is 0.0201. The molecule has 8 nitrogen and oxygen atoms in total. The summed E-state index contributed by atoms with van der Waals surface area (Å²) in [5, 5.41) is 0. The minimum atomic E-state index is -4.53. The minimum Gasteiger partial charge on any atom is -0.756 e. The molecule has 312 valence electrons. The molecule has 0 N–H and O–H groups in total. The van der Waals surface area contributed by atoms with Crippen LogP contribution < -0.4 is 4.89 Å². The van der Waals surface area contributed by atoms with E-state index in [4.69, 9.17) is 18.5 Å². The molecular weight excluding hydrogens is 685 g/mol. The molecule has 0 heterocycles. The van der Waals surface area contributed by atoms with Gasteiger partial charge in [0.05, 0.1) is 34.4 Å². The number of carbonyl (C=O) groups is 1. The third kappa shape index (κ3) is 41.7. The summed E-state index contributed by atoms with van der Waals surface area (Å²) in [6.07, 6.45) is 42.9. The number of ether oxygens (including phenoxy) is 2. The van der Waals surface area contributed by atoms with Crippen LogP contribution in [0.15, 0.2) is 36.5 Å². The number of unbranched alkanes of at least 4 members (excludes halogenated alkanes) is 20. The SMILES string of the molecule is CCCC/C=C\C/C=C\CCCCCCCC(=O)OC(COCCCCCCCC/C=C\CCCCCCCCC)COP(=O)([O-])OCC[N+](C)(C)C. The van der Waals surface area contributed by atoms with E-state index in [1.165, 1.54) is 103 Å². The Hall–Kier alpha value is -1.28. The summed E-state index contributed by atoms with van der Waals surface area (Å²) in [6, 6.07) is 0. The van der Waals surface area contributed by atoms with Crippen LogP contribution in [0.1, 0.15) is 181 Å². The second kappa shape index (κ2) is 37.6. The third-order valence-electron chi connectivity index (χ3n) is 9.16. The highest BCUT2D eigenvalue weighted by atomic mass is 31.2. The molecule has 0 spiro atoms. The van der Waals surface area contributed by atoms with Gasteiger partial charge in [-0.25, -0.2) is 0 Å². The highest BCUT2D eigenvalue weighted by molar-refractivity contribution is 7.45. The first-order valence-corrected chi connectivity index (χ1v) is 23.2. The maximum atomic E-state index is 12.6. The van der Waals surface area contributed by atoms with Gasteiger partial charge in [0.1, 0.15) is 19.3 Å². The third-order valence-corrected chi connectivity index (χ3v) is 10.1. The molecule has 2 atom stereocenters. The van der Waals surface area contributed by atoms with Gasteiger partial charge in [-0.15, -0.1) is 0 Å². The average Bonchev–Trinajstić information content (AvgIpc) is 3.11. The molecule has 2 unspecified atom stereocenters. The van der Waals surface area contributed by atoms with Crippen molar-refractivity contribution in [3.63, 3.8) is 0 Å². The molecule has 0 aromatic carbocycles. The highest BCUT2D eigenvalue weighted by Gasteiger charge is 2.20. The molecule has 0 radical (unpaired) electrons. The highest BCUT2D eigenvalue weighted by Crippen LogP contribution is 2.38. The van der Waals surface area contributed by atoms with E-state index < -0.39 is 13.9 Å². The molecule has 0 aromatic heterocycles. The van der Waals surface area contributed by atoms with E-state index in [0.29, 0.717) is 24.1 Å². The van der Waals surface area contributed by atoms with Crippen molar-refractivity contribution in [2.45, 2.75) is 187 Å². The Morgan fingerprint density at radius 1 is 0.585 bits per heavy atom. The molecule has 0 fully saturated rings. The van der Waals surface area contributed by atoms with Crippen molar-refractivity contribution in [1.29, 1.82) is 0 Å². The van der Waals surface area contributed by atoms with Crippen molar-refractivity contribution in [3.8, 4) is 0 Å². The van der Waals surface area contributed by atoms with Crippen LogP contribution >= 0.6 is 7.82 Å². The number of phosphoric ester groups is 1. The van der Waals surface area contributed by atoms with Gasteiger partial charge in [0.2, 0.25) is 0 Å². The number of hydrogen-bond donors (Lipinski definition) is 0. The standard InChI is InChI=1S/C44H84NO7P/c1-6-8-10-12-14-16-18-20-22-23-24-26-28-30-32-34-36-39-49-41-43(42-51-53(47,48)50-40-38-45(3,4)5)52-44(46)37-35-33-31-29-27-25-21-19-17-15-13-11-9-7-2/h13,15,19,21-23,43H,6-12,14,16-18,20,24-42H2,1-5H3/b15-13-,21-19-,23-22-. The second-order valence-corrected chi connectivity index (χ2v) is 17.1. The Morgan fingerprint density at radius 3 is 1.60 bits per heavy atom. The zero-order chi connectivity index (χ0) is 39.1. The molecule has 0 aliphatic carbocycles. The summed E-state index contributed by atoms with van der Waals surface area (Å²) in [5.41, 5.74) is 0. The van der Waals surface area contributed by atoms with Gasteiger partial charge in [0.25, 0.3) is 7.82 Å². The zero-order valence-electron chi connectivity index (χ0n) is 35.2. The van der Waals surface area contributed by atoms with E-state index in [9.17, 15) is 14.3 Å². The summed E-state index contributed by atoms with van der Waals surface area (Å²) in [6.45, 7) is 5.34. The van der Waals surface area contributed by atoms with E-state index in [1.54, 1.807) is 0 Å². The van der Waals surface area contributed by atoms with Crippen molar-refractivity contribution in [3.05, 3.63) is 36.5 Å². The molecule has 0 aromatic rings. The van der Waals surface area contributed by atoms with Gasteiger partial charge >= 0.3 is 5.97 Å². The molecule has 9 heteroatoms. The predicted octanol–water partition coefficient (Wildman–Crippen LogP) is 12.0. The molecule has 0 aliphatic rings. The fourth-order valence-electron chi connectivity index (χ4n) is 5.73. The van der Waals surface area contributed by atoms with E-state index >= 15 is 0 Å². The Kier molecular flexibility index (Phi) is 36.7. The number of hydrogen-bond acceptors (Lipinski definition) is 7. The molecule has 0 amide bonds. The molecule has 0 saturated carbocycles. The minimum absolute atomic E-state index is 0.0218. The van der Waals surface area contributed by atoms with Crippen molar-refractivity contribution in [2.24, 2.45) is 0 Å². The maximum Gasteiger partial charge on any atom is 0.306 e. The van der Waals surface area contributed by atoms with Crippen molar-refractivity contribution in [2.75, 3.05) is 54.1 Å². The Balaban J connectivity index is 4.26. The molecule has 0 aliphatic heterocycles. The smallest absolute Gasteiger partial charge is 0.306 e. The second-order valence-electron chi connectivity index (χ2n) is 15.7. The van der Waals surface area contributed by atoms with E-state index in [0.717, 1.165) is 57.8 Å².